The van der Waals surface area contributed by atoms with Crippen LogP contribution in [0, 0.1) is 12.7 Å². The Balaban J connectivity index is 2.72. The zero-order valence-corrected chi connectivity index (χ0v) is 7.80. The lowest BCUT2D eigenvalue weighted by molar-refractivity contribution is -0.116. The summed E-state index contributed by atoms with van der Waals surface area (Å²) in [5.41, 5.74) is 1.61. The molecule has 13 heavy (non-hydrogen) atoms. The molecular formula is C10H12FNO. The lowest BCUT2D eigenvalue weighted by Gasteiger charge is -2.02. The van der Waals surface area contributed by atoms with E-state index in [-0.39, 0.29) is 11.6 Å². The number of carbonyl (C=O) groups excluding carboxylic acids is 1. The third-order valence-corrected chi connectivity index (χ3v) is 1.87. The summed E-state index contributed by atoms with van der Waals surface area (Å²) in [6.45, 7) is 3.34. The first-order chi connectivity index (χ1) is 6.09. The van der Waals surface area contributed by atoms with Crippen molar-refractivity contribution in [2.24, 2.45) is 0 Å². The number of halogens is 1. The van der Waals surface area contributed by atoms with Crippen molar-refractivity contribution in [2.75, 3.05) is 0 Å². The molecule has 0 aliphatic heterocycles. The van der Waals surface area contributed by atoms with Gasteiger partial charge in [-0.15, -0.1) is 0 Å². The summed E-state index contributed by atoms with van der Waals surface area (Å²) in [7, 11) is 0. The Morgan fingerprint density at radius 1 is 1.62 bits per heavy atom. The number of rotatable bonds is 3. The van der Waals surface area contributed by atoms with Crippen molar-refractivity contribution in [3.8, 4) is 0 Å². The number of aryl methyl sites for hydroxylation is 2. The van der Waals surface area contributed by atoms with Gasteiger partial charge in [-0.25, -0.2) is 4.39 Å². The molecule has 0 aromatic carbocycles. The second kappa shape index (κ2) is 4.12. The fourth-order valence-electron chi connectivity index (χ4n) is 1.12. The van der Waals surface area contributed by atoms with Crippen molar-refractivity contribution in [3.63, 3.8) is 0 Å². The van der Waals surface area contributed by atoms with E-state index in [9.17, 15) is 9.18 Å². The first kappa shape index (κ1) is 9.84. The smallest absolute Gasteiger partial charge is 0.141 e. The molecule has 0 unspecified atom stereocenters. The normalized spacial score (nSPS) is 10.1. The first-order valence-electron chi connectivity index (χ1n) is 4.20. The van der Waals surface area contributed by atoms with E-state index in [0.29, 0.717) is 12.8 Å². The van der Waals surface area contributed by atoms with E-state index in [1.807, 2.05) is 0 Å². The van der Waals surface area contributed by atoms with E-state index in [2.05, 4.69) is 4.98 Å². The maximum absolute atomic E-state index is 12.6. The topological polar surface area (TPSA) is 30.0 Å². The number of ketones is 1. The molecule has 0 spiro atoms. The highest BCUT2D eigenvalue weighted by molar-refractivity contribution is 5.75. The molecule has 0 amide bonds. The van der Waals surface area contributed by atoms with E-state index in [1.165, 1.54) is 12.3 Å². The maximum atomic E-state index is 12.6. The van der Waals surface area contributed by atoms with Gasteiger partial charge in [0.1, 0.15) is 11.6 Å². The minimum absolute atomic E-state index is 0.130. The first-order valence-corrected chi connectivity index (χ1v) is 4.20. The van der Waals surface area contributed by atoms with Gasteiger partial charge in [0.05, 0.1) is 6.20 Å². The van der Waals surface area contributed by atoms with Crippen LogP contribution in [0.5, 0.6) is 0 Å². The highest BCUT2D eigenvalue weighted by Gasteiger charge is 2.02. The molecule has 0 saturated carbocycles. The molecule has 0 atom stereocenters. The second-order valence-corrected chi connectivity index (χ2v) is 3.12. The predicted octanol–water partition coefficient (Wildman–Crippen LogP) is 2.05. The van der Waals surface area contributed by atoms with Crippen molar-refractivity contribution >= 4 is 5.78 Å². The van der Waals surface area contributed by atoms with Gasteiger partial charge in [0.2, 0.25) is 0 Å². The largest absolute Gasteiger partial charge is 0.300 e. The molecule has 1 aromatic heterocycles. The average Bonchev–Trinajstić information content (AvgIpc) is 2.02. The third kappa shape index (κ3) is 2.93. The molecule has 0 radical (unpaired) electrons. The third-order valence-electron chi connectivity index (χ3n) is 1.87. The number of hydrogen-bond acceptors (Lipinski definition) is 2. The minimum atomic E-state index is -0.330. The van der Waals surface area contributed by atoms with Gasteiger partial charge in [0, 0.05) is 12.1 Å². The summed E-state index contributed by atoms with van der Waals surface area (Å²) >= 11 is 0. The van der Waals surface area contributed by atoms with Crippen LogP contribution in [-0.2, 0) is 11.2 Å². The van der Waals surface area contributed by atoms with Gasteiger partial charge in [-0.1, -0.05) is 0 Å². The number of hydrogen-bond donors (Lipinski definition) is 0. The highest BCUT2D eigenvalue weighted by atomic mass is 19.1. The minimum Gasteiger partial charge on any atom is -0.300 e. The zero-order valence-electron chi connectivity index (χ0n) is 7.80. The Hall–Kier alpha value is -1.25. The molecule has 0 aliphatic carbocycles. The fraction of sp³-hybridized carbons (Fsp3) is 0.400. The summed E-state index contributed by atoms with van der Waals surface area (Å²) in [4.78, 5) is 14.6. The van der Waals surface area contributed by atoms with Crippen LogP contribution in [0.4, 0.5) is 4.39 Å². The molecule has 70 valence electrons. The standard InChI is InChI=1S/C10H12FNO/c1-7-5-9(11)6-12-10(7)4-3-8(2)13/h5-6H,3-4H2,1-2H3. The lowest BCUT2D eigenvalue weighted by atomic mass is 10.1. The number of pyridine rings is 1. The number of carbonyl (C=O) groups is 1. The number of nitrogens with zero attached hydrogens (tertiary/aromatic N) is 1. The van der Waals surface area contributed by atoms with Crippen LogP contribution in [0.3, 0.4) is 0 Å². The van der Waals surface area contributed by atoms with Gasteiger partial charge in [-0.3, -0.25) is 4.98 Å². The monoisotopic (exact) mass is 181 g/mol. The molecule has 1 rings (SSSR count). The van der Waals surface area contributed by atoms with E-state index in [4.69, 9.17) is 0 Å². The fourth-order valence-corrected chi connectivity index (χ4v) is 1.12. The van der Waals surface area contributed by atoms with Crippen LogP contribution in [0.15, 0.2) is 12.3 Å². The zero-order chi connectivity index (χ0) is 9.84. The van der Waals surface area contributed by atoms with Crippen molar-refractivity contribution in [1.29, 1.82) is 0 Å². The van der Waals surface area contributed by atoms with E-state index in [0.717, 1.165) is 11.3 Å². The molecule has 0 N–H and O–H groups in total. The van der Waals surface area contributed by atoms with Crippen molar-refractivity contribution in [2.45, 2.75) is 26.7 Å². The molecule has 1 aromatic rings. The summed E-state index contributed by atoms with van der Waals surface area (Å²) < 4.78 is 12.6. The van der Waals surface area contributed by atoms with Gasteiger partial charge >= 0.3 is 0 Å². The van der Waals surface area contributed by atoms with E-state index >= 15 is 0 Å². The van der Waals surface area contributed by atoms with Crippen molar-refractivity contribution in [3.05, 3.63) is 29.3 Å². The molecule has 2 nitrogen and oxygen atoms in total. The molecule has 3 heteroatoms. The SMILES string of the molecule is CC(=O)CCc1ncc(F)cc1C. The van der Waals surface area contributed by atoms with Crippen LogP contribution < -0.4 is 0 Å². The summed E-state index contributed by atoms with van der Waals surface area (Å²) in [6, 6.07) is 1.43. The second-order valence-electron chi connectivity index (χ2n) is 3.12. The summed E-state index contributed by atoms with van der Waals surface area (Å²) in [5.74, 6) is -0.199. The van der Waals surface area contributed by atoms with Crippen molar-refractivity contribution in [1.82, 2.24) is 4.98 Å². The molecule has 0 fully saturated rings. The Kier molecular flexibility index (Phi) is 3.12. The molecule has 0 aliphatic rings. The van der Waals surface area contributed by atoms with E-state index < -0.39 is 0 Å². The van der Waals surface area contributed by atoms with Crippen LogP contribution in [0.25, 0.3) is 0 Å². The lowest BCUT2D eigenvalue weighted by Crippen LogP contribution is -1.99. The Morgan fingerprint density at radius 3 is 2.85 bits per heavy atom. The predicted molar refractivity (Wildman–Crippen MR) is 47.9 cm³/mol. The summed E-state index contributed by atoms with van der Waals surface area (Å²) in [5, 5.41) is 0. The van der Waals surface area contributed by atoms with Crippen LogP contribution in [0.2, 0.25) is 0 Å². The molecule has 0 bridgehead atoms. The van der Waals surface area contributed by atoms with Crippen molar-refractivity contribution < 1.29 is 9.18 Å². The van der Waals surface area contributed by atoms with Crippen LogP contribution >= 0.6 is 0 Å². The Morgan fingerprint density at radius 2 is 2.31 bits per heavy atom. The van der Waals surface area contributed by atoms with Gasteiger partial charge in [0.15, 0.2) is 0 Å². The maximum Gasteiger partial charge on any atom is 0.141 e. The highest BCUT2D eigenvalue weighted by Crippen LogP contribution is 2.08. The number of Topliss-reactive ketones (excluding diaryl/α,β-unsaturated/α-hetero) is 1. The van der Waals surface area contributed by atoms with Gasteiger partial charge in [-0.2, -0.15) is 0 Å². The van der Waals surface area contributed by atoms with Gasteiger partial charge < -0.3 is 4.79 Å². The average molecular weight is 181 g/mol. The number of aromatic nitrogens is 1. The van der Waals surface area contributed by atoms with E-state index in [1.54, 1.807) is 13.8 Å². The molecular weight excluding hydrogens is 169 g/mol. The Bertz CT molecular complexity index is 323. The van der Waals surface area contributed by atoms with Gasteiger partial charge in [-0.05, 0) is 31.9 Å². The van der Waals surface area contributed by atoms with Crippen LogP contribution in [0.1, 0.15) is 24.6 Å². The molecule has 1 heterocycles. The van der Waals surface area contributed by atoms with Gasteiger partial charge in [0.25, 0.3) is 0 Å². The Labute approximate surface area is 76.8 Å². The summed E-state index contributed by atoms with van der Waals surface area (Å²) in [6.07, 6.45) is 2.25. The quantitative estimate of drug-likeness (QED) is 0.714. The van der Waals surface area contributed by atoms with Crippen LogP contribution in [-0.4, -0.2) is 10.8 Å². The molecule has 0 saturated heterocycles.